The molecule has 0 fully saturated rings. The van der Waals surface area contributed by atoms with E-state index in [2.05, 4.69) is 42.7 Å². The average molecular weight is 326 g/mol. The molecule has 3 aromatic rings. The quantitative estimate of drug-likeness (QED) is 0.681. The first kappa shape index (κ1) is 15.8. The summed E-state index contributed by atoms with van der Waals surface area (Å²) in [6.45, 7) is 5.10. The molecule has 0 radical (unpaired) electrons. The minimum Gasteiger partial charge on any atom is -0.309 e. The fourth-order valence-electron chi connectivity index (χ4n) is 2.65. The Labute approximate surface area is 139 Å². The Bertz CT molecular complexity index is 851. The Balaban J connectivity index is 2.12. The molecular formula is C19H19FN2S. The number of thiophene rings is 1. The number of fused-ring (bicyclic) bond motifs is 1. The SMILES string of the molecule is C=C(c1ncccc1F)c1c(CCN(C)C)sc2ccccc12. The Kier molecular flexibility index (Phi) is 4.55. The van der Waals surface area contributed by atoms with E-state index in [1.807, 2.05) is 12.1 Å². The fourth-order valence-corrected chi connectivity index (χ4v) is 3.88. The summed E-state index contributed by atoms with van der Waals surface area (Å²) in [5, 5.41) is 1.13. The number of halogens is 1. The standard InChI is InChI=1S/C19H19FN2S/c1-13(19-15(20)8-6-11-21-19)18-14-7-4-5-9-16(14)23-17(18)10-12-22(2)3/h4-9,11H,1,10,12H2,2-3H3. The molecule has 0 aliphatic heterocycles. The van der Waals surface area contributed by atoms with Crippen molar-refractivity contribution in [2.75, 3.05) is 20.6 Å². The van der Waals surface area contributed by atoms with Crippen molar-refractivity contribution < 1.29 is 4.39 Å². The van der Waals surface area contributed by atoms with Crippen LogP contribution < -0.4 is 0 Å². The molecule has 1 aromatic carbocycles. The van der Waals surface area contributed by atoms with E-state index in [1.165, 1.54) is 15.6 Å². The van der Waals surface area contributed by atoms with Crippen molar-refractivity contribution in [3.63, 3.8) is 0 Å². The van der Waals surface area contributed by atoms with Crippen LogP contribution in [0.2, 0.25) is 0 Å². The van der Waals surface area contributed by atoms with E-state index < -0.39 is 0 Å². The van der Waals surface area contributed by atoms with Crippen molar-refractivity contribution in [1.29, 1.82) is 0 Å². The van der Waals surface area contributed by atoms with Crippen LogP contribution in [0.25, 0.3) is 15.7 Å². The van der Waals surface area contributed by atoms with E-state index in [0.29, 0.717) is 11.3 Å². The lowest BCUT2D eigenvalue weighted by atomic mass is 9.99. The van der Waals surface area contributed by atoms with Crippen LogP contribution in [0.15, 0.2) is 49.2 Å². The van der Waals surface area contributed by atoms with Gasteiger partial charge >= 0.3 is 0 Å². The first-order valence-electron chi connectivity index (χ1n) is 7.53. The number of hydrogen-bond donors (Lipinski definition) is 0. The molecule has 0 saturated heterocycles. The first-order chi connectivity index (χ1) is 11.1. The van der Waals surface area contributed by atoms with Crippen molar-refractivity contribution in [1.82, 2.24) is 9.88 Å². The number of nitrogens with zero attached hydrogens (tertiary/aromatic N) is 2. The molecule has 0 spiro atoms. The zero-order chi connectivity index (χ0) is 16.4. The molecule has 118 valence electrons. The van der Waals surface area contributed by atoms with Crippen LogP contribution in [0.4, 0.5) is 4.39 Å². The molecule has 2 heterocycles. The molecule has 3 rings (SSSR count). The van der Waals surface area contributed by atoms with E-state index in [1.54, 1.807) is 23.6 Å². The lowest BCUT2D eigenvalue weighted by Crippen LogP contribution is -2.15. The normalized spacial score (nSPS) is 11.3. The maximum Gasteiger partial charge on any atom is 0.149 e. The Morgan fingerprint density at radius 1 is 1.22 bits per heavy atom. The van der Waals surface area contributed by atoms with Gasteiger partial charge in [-0.05, 0) is 38.7 Å². The van der Waals surface area contributed by atoms with Gasteiger partial charge in [-0.2, -0.15) is 0 Å². The highest BCUT2D eigenvalue weighted by Crippen LogP contribution is 2.38. The summed E-state index contributed by atoms with van der Waals surface area (Å²) in [7, 11) is 4.11. The van der Waals surface area contributed by atoms with Gasteiger partial charge in [-0.15, -0.1) is 11.3 Å². The fraction of sp³-hybridized carbons (Fsp3) is 0.211. The van der Waals surface area contributed by atoms with Crippen molar-refractivity contribution in [3.8, 4) is 0 Å². The smallest absolute Gasteiger partial charge is 0.149 e. The number of hydrogen-bond acceptors (Lipinski definition) is 3. The van der Waals surface area contributed by atoms with Crippen molar-refractivity contribution in [3.05, 3.63) is 71.1 Å². The van der Waals surface area contributed by atoms with E-state index in [4.69, 9.17) is 0 Å². The minimum absolute atomic E-state index is 0.327. The van der Waals surface area contributed by atoms with Gasteiger partial charge in [0, 0.05) is 38.8 Å². The number of pyridine rings is 1. The molecule has 0 bridgehead atoms. The van der Waals surface area contributed by atoms with Gasteiger partial charge in [-0.3, -0.25) is 4.98 Å². The van der Waals surface area contributed by atoms with Gasteiger partial charge in [0.05, 0.1) is 0 Å². The molecule has 4 heteroatoms. The second kappa shape index (κ2) is 6.60. The molecule has 0 aliphatic rings. The second-order valence-corrected chi connectivity index (χ2v) is 6.90. The number of benzene rings is 1. The van der Waals surface area contributed by atoms with Gasteiger partial charge in [-0.25, -0.2) is 4.39 Å². The van der Waals surface area contributed by atoms with Crippen LogP contribution in [-0.2, 0) is 6.42 Å². The monoisotopic (exact) mass is 326 g/mol. The van der Waals surface area contributed by atoms with Crippen LogP contribution >= 0.6 is 11.3 Å². The summed E-state index contributed by atoms with van der Waals surface area (Å²) in [6.07, 6.45) is 2.52. The Hall–Kier alpha value is -2.04. The molecule has 0 unspecified atom stereocenters. The van der Waals surface area contributed by atoms with Crippen LogP contribution in [0, 0.1) is 5.82 Å². The molecule has 0 aliphatic carbocycles. The summed E-state index contributed by atoms with van der Waals surface area (Å²) < 4.78 is 15.4. The van der Waals surface area contributed by atoms with Gasteiger partial charge in [0.1, 0.15) is 11.5 Å². The average Bonchev–Trinajstić information content (AvgIpc) is 2.91. The highest BCUT2D eigenvalue weighted by atomic mass is 32.1. The molecule has 2 nitrogen and oxygen atoms in total. The Morgan fingerprint density at radius 2 is 2.00 bits per heavy atom. The molecule has 0 atom stereocenters. The largest absolute Gasteiger partial charge is 0.309 e. The van der Waals surface area contributed by atoms with Crippen LogP contribution in [-0.4, -0.2) is 30.5 Å². The maximum atomic E-state index is 14.1. The van der Waals surface area contributed by atoms with E-state index in [0.717, 1.165) is 23.9 Å². The summed E-state index contributed by atoms with van der Waals surface area (Å²) >= 11 is 1.76. The third kappa shape index (κ3) is 3.19. The van der Waals surface area contributed by atoms with Crippen LogP contribution in [0.1, 0.15) is 16.1 Å². The number of rotatable bonds is 5. The lowest BCUT2D eigenvalue weighted by molar-refractivity contribution is 0.415. The van der Waals surface area contributed by atoms with Crippen molar-refractivity contribution in [2.24, 2.45) is 0 Å². The summed E-state index contributed by atoms with van der Waals surface area (Å²) in [5.74, 6) is -0.327. The Morgan fingerprint density at radius 3 is 2.74 bits per heavy atom. The lowest BCUT2D eigenvalue weighted by Gasteiger charge is -2.11. The minimum atomic E-state index is -0.327. The third-order valence-corrected chi connectivity index (χ3v) is 5.03. The van der Waals surface area contributed by atoms with Gasteiger partial charge in [-0.1, -0.05) is 24.8 Å². The molecule has 0 N–H and O–H groups in total. The number of likely N-dealkylation sites (N-methyl/N-ethyl adjacent to an activating group) is 1. The van der Waals surface area contributed by atoms with E-state index >= 15 is 0 Å². The molecule has 2 aromatic heterocycles. The molecule has 23 heavy (non-hydrogen) atoms. The zero-order valence-electron chi connectivity index (χ0n) is 13.3. The van der Waals surface area contributed by atoms with Crippen molar-refractivity contribution >= 4 is 27.0 Å². The summed E-state index contributed by atoms with van der Waals surface area (Å²) in [6, 6.07) is 11.3. The van der Waals surface area contributed by atoms with Crippen molar-refractivity contribution in [2.45, 2.75) is 6.42 Å². The van der Waals surface area contributed by atoms with Gasteiger partial charge in [0.15, 0.2) is 0 Å². The van der Waals surface area contributed by atoms with E-state index in [9.17, 15) is 4.39 Å². The topological polar surface area (TPSA) is 16.1 Å². The molecule has 0 amide bonds. The van der Waals surface area contributed by atoms with Gasteiger partial charge in [0.25, 0.3) is 0 Å². The zero-order valence-corrected chi connectivity index (χ0v) is 14.2. The van der Waals surface area contributed by atoms with E-state index in [-0.39, 0.29) is 5.82 Å². The van der Waals surface area contributed by atoms with Gasteiger partial charge < -0.3 is 4.90 Å². The highest BCUT2D eigenvalue weighted by molar-refractivity contribution is 7.19. The van der Waals surface area contributed by atoms with Crippen LogP contribution in [0.5, 0.6) is 0 Å². The highest BCUT2D eigenvalue weighted by Gasteiger charge is 2.18. The third-order valence-electron chi connectivity index (χ3n) is 3.80. The van der Waals surface area contributed by atoms with Gasteiger partial charge in [0.2, 0.25) is 0 Å². The maximum absolute atomic E-state index is 14.1. The predicted molar refractivity (Wildman–Crippen MR) is 96.4 cm³/mol. The molecular weight excluding hydrogens is 307 g/mol. The summed E-state index contributed by atoms with van der Waals surface area (Å²) in [5.41, 5.74) is 2.03. The summed E-state index contributed by atoms with van der Waals surface area (Å²) in [4.78, 5) is 7.58. The van der Waals surface area contributed by atoms with Crippen LogP contribution in [0.3, 0.4) is 0 Å². The number of aromatic nitrogens is 1. The first-order valence-corrected chi connectivity index (χ1v) is 8.35. The molecule has 0 saturated carbocycles. The predicted octanol–water partition coefficient (Wildman–Crippen LogP) is 4.60. The second-order valence-electron chi connectivity index (χ2n) is 5.76.